The first-order valence-electron chi connectivity index (χ1n) is 18.5. The van der Waals surface area contributed by atoms with Gasteiger partial charge in [-0.1, -0.05) is 146 Å². The zero-order valence-corrected chi connectivity index (χ0v) is 30.5. The van der Waals surface area contributed by atoms with E-state index < -0.39 is 17.4 Å². The van der Waals surface area contributed by atoms with Crippen LogP contribution in [-0.4, -0.2) is 22.2 Å². The average molecular weight is 743 g/mol. The summed E-state index contributed by atoms with van der Waals surface area (Å²) in [6.07, 6.45) is 0. The summed E-state index contributed by atoms with van der Waals surface area (Å²) in [6, 6.07) is 63.0. The lowest BCUT2D eigenvalue weighted by Crippen LogP contribution is -2.28. The fraction of sp³-hybridized carbons (Fsp3) is 0.0196. The van der Waals surface area contributed by atoms with Crippen molar-refractivity contribution in [1.29, 1.82) is 0 Å². The molecular formula is C51H34O6. The molecule has 1 aliphatic rings. The lowest BCUT2D eigenvalue weighted by molar-refractivity contribution is 0.0686. The number of carbonyl (C=O) groups is 2. The van der Waals surface area contributed by atoms with Crippen LogP contribution in [0.3, 0.4) is 0 Å². The second-order valence-electron chi connectivity index (χ2n) is 13.9. The molecule has 0 aliphatic heterocycles. The standard InChI is InChI=1S/C51H34O6/c52-49(53)35-11-9-13-39(31-35)56-47-21-7-3-15-41(47)33-23-27-37(28-24-33)51(45-19-5-1-17-43(45)44-18-2-6-20-46(44)51)38-29-25-34(26-30-38)42-16-4-8-22-48(42)57-40-14-10-12-36(32-40)50(54)55/h1-32H,(H,52,53)(H,54,55). The summed E-state index contributed by atoms with van der Waals surface area (Å²) in [5.74, 6) is 0.108. The minimum atomic E-state index is -1.01. The van der Waals surface area contributed by atoms with Crippen molar-refractivity contribution in [2.75, 3.05) is 0 Å². The monoisotopic (exact) mass is 742 g/mol. The first-order valence-corrected chi connectivity index (χ1v) is 18.5. The van der Waals surface area contributed by atoms with E-state index in [1.165, 1.54) is 34.4 Å². The van der Waals surface area contributed by atoms with Crippen LogP contribution in [0.1, 0.15) is 43.0 Å². The molecule has 0 radical (unpaired) electrons. The van der Waals surface area contributed by atoms with Gasteiger partial charge in [-0.2, -0.15) is 0 Å². The molecule has 6 nitrogen and oxygen atoms in total. The van der Waals surface area contributed by atoms with Crippen molar-refractivity contribution in [3.63, 3.8) is 0 Å². The predicted octanol–water partition coefficient (Wildman–Crippen LogP) is 12.4. The average Bonchev–Trinajstić information content (AvgIpc) is 3.55. The summed E-state index contributed by atoms with van der Waals surface area (Å²) >= 11 is 0. The van der Waals surface area contributed by atoms with Crippen molar-refractivity contribution < 1.29 is 29.3 Å². The van der Waals surface area contributed by atoms with Crippen LogP contribution >= 0.6 is 0 Å². The van der Waals surface area contributed by atoms with Crippen molar-refractivity contribution in [2.45, 2.75) is 5.41 Å². The number of para-hydroxylation sites is 2. The lowest BCUT2D eigenvalue weighted by atomic mass is 9.67. The van der Waals surface area contributed by atoms with Gasteiger partial charge in [-0.3, -0.25) is 0 Å². The molecule has 0 spiro atoms. The van der Waals surface area contributed by atoms with Gasteiger partial charge in [0.25, 0.3) is 0 Å². The topological polar surface area (TPSA) is 93.1 Å². The van der Waals surface area contributed by atoms with Gasteiger partial charge in [0.15, 0.2) is 0 Å². The number of fused-ring (bicyclic) bond motifs is 3. The van der Waals surface area contributed by atoms with Crippen LogP contribution in [0.15, 0.2) is 194 Å². The Balaban J connectivity index is 1.13. The molecule has 274 valence electrons. The van der Waals surface area contributed by atoms with E-state index in [1.807, 2.05) is 48.5 Å². The van der Waals surface area contributed by atoms with Crippen LogP contribution in [0, 0.1) is 0 Å². The third-order valence-electron chi connectivity index (χ3n) is 10.6. The largest absolute Gasteiger partial charge is 0.478 e. The molecule has 1 aliphatic carbocycles. The molecule has 6 heteroatoms. The minimum Gasteiger partial charge on any atom is -0.478 e. The Kier molecular flexibility index (Phi) is 8.92. The number of hydrogen-bond acceptors (Lipinski definition) is 4. The summed E-state index contributed by atoms with van der Waals surface area (Å²) in [5, 5.41) is 19.0. The van der Waals surface area contributed by atoms with E-state index in [1.54, 1.807) is 36.4 Å². The quantitative estimate of drug-likeness (QED) is 0.145. The molecule has 57 heavy (non-hydrogen) atoms. The van der Waals surface area contributed by atoms with Crippen LogP contribution in [0.5, 0.6) is 23.0 Å². The second-order valence-corrected chi connectivity index (χ2v) is 13.9. The van der Waals surface area contributed by atoms with Gasteiger partial charge >= 0.3 is 11.9 Å². The molecule has 8 aromatic carbocycles. The zero-order valence-electron chi connectivity index (χ0n) is 30.5. The molecule has 0 atom stereocenters. The number of ether oxygens (including phenoxy) is 2. The SMILES string of the molecule is O=C(O)c1cccc(Oc2ccccc2-c2ccc(C3(c4ccc(-c5ccccc5Oc5cccc(C(=O)O)c5)cc4)c4ccccc4-c4ccccc43)cc2)c1. The molecule has 0 aromatic heterocycles. The summed E-state index contributed by atoms with van der Waals surface area (Å²) < 4.78 is 12.5. The number of carboxylic acid groups (broad SMARTS) is 2. The predicted molar refractivity (Wildman–Crippen MR) is 222 cm³/mol. The van der Waals surface area contributed by atoms with Gasteiger partial charge in [0.1, 0.15) is 23.0 Å². The third kappa shape index (κ3) is 6.29. The first kappa shape index (κ1) is 35.0. The Hall–Kier alpha value is -7.70. The lowest BCUT2D eigenvalue weighted by Gasteiger charge is -2.34. The molecule has 0 saturated heterocycles. The maximum Gasteiger partial charge on any atom is 0.335 e. The smallest absolute Gasteiger partial charge is 0.335 e. The highest BCUT2D eigenvalue weighted by atomic mass is 16.5. The Morgan fingerprint density at radius 3 is 1.16 bits per heavy atom. The molecular weight excluding hydrogens is 709 g/mol. The Morgan fingerprint density at radius 2 is 0.754 bits per heavy atom. The molecule has 0 fully saturated rings. The van der Waals surface area contributed by atoms with Crippen molar-refractivity contribution >= 4 is 11.9 Å². The van der Waals surface area contributed by atoms with Crippen molar-refractivity contribution in [3.05, 3.63) is 228 Å². The fourth-order valence-electron chi connectivity index (χ4n) is 8.05. The van der Waals surface area contributed by atoms with Crippen molar-refractivity contribution in [3.8, 4) is 56.4 Å². The molecule has 0 amide bonds. The highest BCUT2D eigenvalue weighted by molar-refractivity contribution is 5.89. The highest BCUT2D eigenvalue weighted by Gasteiger charge is 2.45. The molecule has 0 unspecified atom stereocenters. The van der Waals surface area contributed by atoms with Gasteiger partial charge in [-0.05, 0) is 93.0 Å². The van der Waals surface area contributed by atoms with Crippen LogP contribution in [-0.2, 0) is 5.41 Å². The molecule has 9 rings (SSSR count). The summed E-state index contributed by atoms with van der Waals surface area (Å²) in [7, 11) is 0. The fourth-order valence-corrected chi connectivity index (χ4v) is 8.05. The number of benzene rings is 8. The van der Waals surface area contributed by atoms with Gasteiger partial charge in [-0.15, -0.1) is 0 Å². The van der Waals surface area contributed by atoms with E-state index in [9.17, 15) is 19.8 Å². The van der Waals surface area contributed by atoms with E-state index >= 15 is 0 Å². The van der Waals surface area contributed by atoms with Crippen LogP contribution in [0.25, 0.3) is 33.4 Å². The molecule has 0 saturated carbocycles. The van der Waals surface area contributed by atoms with Crippen LogP contribution in [0.2, 0.25) is 0 Å². The zero-order chi connectivity index (χ0) is 38.9. The van der Waals surface area contributed by atoms with Crippen LogP contribution < -0.4 is 9.47 Å². The maximum atomic E-state index is 11.6. The first-order chi connectivity index (χ1) is 27.9. The van der Waals surface area contributed by atoms with Gasteiger partial charge in [0.2, 0.25) is 0 Å². The van der Waals surface area contributed by atoms with E-state index in [4.69, 9.17) is 9.47 Å². The number of hydrogen-bond donors (Lipinski definition) is 2. The van der Waals surface area contributed by atoms with Gasteiger partial charge in [-0.25, -0.2) is 9.59 Å². The number of rotatable bonds is 10. The molecule has 0 bridgehead atoms. The maximum absolute atomic E-state index is 11.6. The Morgan fingerprint density at radius 1 is 0.386 bits per heavy atom. The molecule has 8 aromatic rings. The highest BCUT2D eigenvalue weighted by Crippen LogP contribution is 2.56. The Labute approximate surface area is 329 Å². The third-order valence-corrected chi connectivity index (χ3v) is 10.6. The molecule has 2 N–H and O–H groups in total. The summed E-state index contributed by atoms with van der Waals surface area (Å²) in [5.41, 5.74) is 10.3. The van der Waals surface area contributed by atoms with Crippen molar-refractivity contribution in [2.24, 2.45) is 0 Å². The second kappa shape index (κ2) is 14.5. The van der Waals surface area contributed by atoms with E-state index in [2.05, 4.69) is 97.1 Å². The van der Waals surface area contributed by atoms with Crippen molar-refractivity contribution in [1.82, 2.24) is 0 Å². The van der Waals surface area contributed by atoms with E-state index in [0.717, 1.165) is 33.4 Å². The summed E-state index contributed by atoms with van der Waals surface area (Å²) in [6.45, 7) is 0. The Bertz CT molecular complexity index is 2610. The van der Waals surface area contributed by atoms with Gasteiger partial charge in [0.05, 0.1) is 16.5 Å². The normalized spacial score (nSPS) is 12.3. The van der Waals surface area contributed by atoms with Gasteiger partial charge in [0, 0.05) is 11.1 Å². The van der Waals surface area contributed by atoms with E-state index in [-0.39, 0.29) is 11.1 Å². The van der Waals surface area contributed by atoms with Crippen LogP contribution in [0.4, 0.5) is 0 Å². The van der Waals surface area contributed by atoms with E-state index in [0.29, 0.717) is 23.0 Å². The number of carboxylic acids is 2. The summed E-state index contributed by atoms with van der Waals surface area (Å²) in [4.78, 5) is 23.2. The molecule has 0 heterocycles. The van der Waals surface area contributed by atoms with Gasteiger partial charge < -0.3 is 19.7 Å². The minimum absolute atomic E-state index is 0.158. The number of aromatic carboxylic acids is 2.